The molecule has 0 aliphatic heterocycles. The summed E-state index contributed by atoms with van der Waals surface area (Å²) < 4.78 is 57.7. The van der Waals surface area contributed by atoms with Gasteiger partial charge in [0.15, 0.2) is 5.60 Å². The van der Waals surface area contributed by atoms with Gasteiger partial charge in [0, 0.05) is 28.3 Å². The molecule has 0 spiro atoms. The maximum absolute atomic E-state index is 14.8. The first-order chi connectivity index (χ1) is 15.5. The Hall–Kier alpha value is -3.07. The second-order valence-electron chi connectivity index (χ2n) is 8.44. The number of H-pyrrole nitrogens is 1. The van der Waals surface area contributed by atoms with Gasteiger partial charge in [-0.3, -0.25) is 4.79 Å². The maximum atomic E-state index is 14.8. The fourth-order valence-corrected chi connectivity index (χ4v) is 4.86. The molecule has 0 amide bonds. The van der Waals surface area contributed by atoms with Crippen molar-refractivity contribution < 1.29 is 27.8 Å². The third kappa shape index (κ3) is 3.64. The molecule has 0 saturated carbocycles. The smallest absolute Gasteiger partial charge is 0.419 e. The van der Waals surface area contributed by atoms with E-state index in [1.165, 1.54) is 18.2 Å². The molecule has 176 valence electrons. The van der Waals surface area contributed by atoms with Crippen LogP contribution >= 0.6 is 0 Å². The minimum Gasteiger partial charge on any atom is -0.507 e. The molecule has 0 bridgehead atoms. The first kappa shape index (κ1) is 23.1. The topological polar surface area (TPSA) is 85.3 Å². The highest BCUT2D eigenvalue weighted by Crippen LogP contribution is 2.56. The molecule has 5 nitrogen and oxygen atoms in total. The summed E-state index contributed by atoms with van der Waals surface area (Å²) >= 11 is 0. The van der Waals surface area contributed by atoms with Crippen molar-refractivity contribution in [2.45, 2.75) is 56.8 Å². The summed E-state index contributed by atoms with van der Waals surface area (Å²) in [4.78, 5) is 14.3. The Kier molecular flexibility index (Phi) is 5.64. The Morgan fingerprint density at radius 2 is 1.94 bits per heavy atom. The van der Waals surface area contributed by atoms with Crippen LogP contribution in [0.4, 0.5) is 23.2 Å². The molecular weight excluding hydrogens is 440 g/mol. The Balaban J connectivity index is 1.97. The van der Waals surface area contributed by atoms with E-state index in [1.54, 1.807) is 26.0 Å². The lowest BCUT2D eigenvalue weighted by Crippen LogP contribution is -2.55. The van der Waals surface area contributed by atoms with Crippen molar-refractivity contribution in [3.63, 3.8) is 0 Å². The fraction of sp³-hybridized carbons (Fsp3) is 0.375. The van der Waals surface area contributed by atoms with Crippen molar-refractivity contribution in [1.29, 1.82) is 0 Å². The van der Waals surface area contributed by atoms with Crippen molar-refractivity contribution in [2.24, 2.45) is 0 Å². The van der Waals surface area contributed by atoms with Crippen molar-refractivity contribution in [3.05, 3.63) is 69.3 Å². The van der Waals surface area contributed by atoms with Crippen LogP contribution < -0.4 is 10.9 Å². The monoisotopic (exact) mass is 464 g/mol. The summed E-state index contributed by atoms with van der Waals surface area (Å²) in [6, 6.07) is 6.54. The molecule has 3 aromatic rings. The number of rotatable bonds is 4. The molecular formula is C24H24F4N2O3. The van der Waals surface area contributed by atoms with Gasteiger partial charge in [0.25, 0.3) is 0 Å². The third-order valence-corrected chi connectivity index (χ3v) is 6.58. The van der Waals surface area contributed by atoms with E-state index < -0.39 is 36.0 Å². The van der Waals surface area contributed by atoms with Crippen LogP contribution in [0.1, 0.15) is 55.3 Å². The summed E-state index contributed by atoms with van der Waals surface area (Å²) in [5.41, 5.74) is -2.88. The number of anilines is 1. The molecule has 4 rings (SSSR count). The zero-order valence-electron chi connectivity index (χ0n) is 18.1. The van der Waals surface area contributed by atoms with E-state index in [0.717, 1.165) is 6.07 Å². The molecule has 0 unspecified atom stereocenters. The minimum absolute atomic E-state index is 0.0335. The summed E-state index contributed by atoms with van der Waals surface area (Å²) in [5.74, 6) is -2.01. The fourth-order valence-electron chi connectivity index (χ4n) is 4.86. The number of halogens is 4. The van der Waals surface area contributed by atoms with Crippen molar-refractivity contribution in [3.8, 4) is 5.75 Å². The molecule has 2 aromatic carbocycles. The number of nitrogens with one attached hydrogen (secondary N) is 2. The van der Waals surface area contributed by atoms with Gasteiger partial charge in [0.05, 0.1) is 11.6 Å². The van der Waals surface area contributed by atoms with Crippen LogP contribution in [-0.2, 0) is 6.42 Å². The van der Waals surface area contributed by atoms with Crippen LogP contribution in [0.15, 0.2) is 41.2 Å². The van der Waals surface area contributed by atoms with Crippen LogP contribution in [0.2, 0.25) is 0 Å². The van der Waals surface area contributed by atoms with E-state index in [-0.39, 0.29) is 46.5 Å². The molecule has 1 aliphatic rings. The largest absolute Gasteiger partial charge is 0.507 e. The average molecular weight is 464 g/mol. The summed E-state index contributed by atoms with van der Waals surface area (Å²) in [6.45, 7) is 3.31. The lowest BCUT2D eigenvalue weighted by atomic mass is 9.68. The second kappa shape index (κ2) is 8.06. The van der Waals surface area contributed by atoms with E-state index in [2.05, 4.69) is 10.3 Å². The highest BCUT2D eigenvalue weighted by molar-refractivity contribution is 5.91. The molecule has 0 fully saturated rings. The van der Waals surface area contributed by atoms with E-state index in [1.807, 2.05) is 0 Å². The highest BCUT2D eigenvalue weighted by Gasteiger charge is 2.62. The van der Waals surface area contributed by atoms with Gasteiger partial charge in [0.1, 0.15) is 11.6 Å². The number of hydrogen-bond acceptors (Lipinski definition) is 4. The van der Waals surface area contributed by atoms with E-state index in [9.17, 15) is 32.6 Å². The molecule has 1 heterocycles. The SMILES string of the molecule is CCc1c(F)cc2c(c1O)[C@H](CC)C[C@](O)(C(F)(F)F)[C@H]2Nc1cccc2[nH]c(=O)ccc12. The molecule has 1 aromatic heterocycles. The predicted molar refractivity (Wildman–Crippen MR) is 117 cm³/mol. The predicted octanol–water partition coefficient (Wildman–Crippen LogP) is 5.28. The van der Waals surface area contributed by atoms with Crippen molar-refractivity contribution >= 4 is 16.6 Å². The zero-order valence-corrected chi connectivity index (χ0v) is 18.1. The van der Waals surface area contributed by atoms with E-state index in [0.29, 0.717) is 10.9 Å². The van der Waals surface area contributed by atoms with Crippen LogP contribution in [-0.4, -0.2) is 27.0 Å². The number of phenolic OH excluding ortho intramolecular Hbond substituents is 1. The zero-order chi connectivity index (χ0) is 24.1. The molecule has 0 saturated heterocycles. The number of aromatic amines is 1. The van der Waals surface area contributed by atoms with Crippen molar-refractivity contribution in [2.75, 3.05) is 5.32 Å². The number of benzene rings is 2. The van der Waals surface area contributed by atoms with Gasteiger partial charge in [-0.25, -0.2) is 4.39 Å². The van der Waals surface area contributed by atoms with Crippen LogP contribution in [0.3, 0.4) is 0 Å². The van der Waals surface area contributed by atoms with Gasteiger partial charge in [-0.1, -0.05) is 19.9 Å². The molecule has 3 atom stereocenters. The number of hydrogen-bond donors (Lipinski definition) is 4. The molecule has 33 heavy (non-hydrogen) atoms. The molecule has 9 heteroatoms. The number of pyridine rings is 1. The van der Waals surface area contributed by atoms with Crippen LogP contribution in [0.25, 0.3) is 10.9 Å². The number of aromatic nitrogens is 1. The number of aliphatic hydroxyl groups is 1. The van der Waals surface area contributed by atoms with E-state index >= 15 is 0 Å². The first-order valence-corrected chi connectivity index (χ1v) is 10.7. The number of phenols is 1. The molecule has 1 aliphatic carbocycles. The summed E-state index contributed by atoms with van der Waals surface area (Å²) in [5, 5.41) is 25.0. The summed E-state index contributed by atoms with van der Waals surface area (Å²) in [6.07, 6.45) is -5.35. The Morgan fingerprint density at radius 1 is 1.21 bits per heavy atom. The van der Waals surface area contributed by atoms with Gasteiger partial charge in [0.2, 0.25) is 5.56 Å². The van der Waals surface area contributed by atoms with Gasteiger partial charge in [-0.2, -0.15) is 13.2 Å². The lowest BCUT2D eigenvalue weighted by Gasteiger charge is -2.46. The maximum Gasteiger partial charge on any atom is 0.419 e. The second-order valence-corrected chi connectivity index (χ2v) is 8.44. The van der Waals surface area contributed by atoms with Gasteiger partial charge in [-0.05, 0) is 55.0 Å². The van der Waals surface area contributed by atoms with E-state index in [4.69, 9.17) is 0 Å². The highest BCUT2D eigenvalue weighted by atomic mass is 19.4. The van der Waals surface area contributed by atoms with Gasteiger partial charge < -0.3 is 20.5 Å². The van der Waals surface area contributed by atoms with Crippen molar-refractivity contribution in [1.82, 2.24) is 4.98 Å². The quantitative estimate of drug-likeness (QED) is 0.396. The number of fused-ring (bicyclic) bond motifs is 2. The Labute approximate surface area is 187 Å². The van der Waals surface area contributed by atoms with Gasteiger partial charge >= 0.3 is 6.18 Å². The van der Waals surface area contributed by atoms with Crippen LogP contribution in [0, 0.1) is 5.82 Å². The summed E-state index contributed by atoms with van der Waals surface area (Å²) in [7, 11) is 0. The Bertz CT molecular complexity index is 1270. The third-order valence-electron chi connectivity index (χ3n) is 6.58. The van der Waals surface area contributed by atoms with Crippen LogP contribution in [0.5, 0.6) is 5.75 Å². The molecule has 4 N–H and O–H groups in total. The Morgan fingerprint density at radius 3 is 2.58 bits per heavy atom. The first-order valence-electron chi connectivity index (χ1n) is 10.7. The van der Waals surface area contributed by atoms with Gasteiger partial charge in [-0.15, -0.1) is 0 Å². The molecule has 0 radical (unpaired) electrons. The number of alkyl halides is 3. The average Bonchev–Trinajstić information content (AvgIpc) is 2.74. The lowest BCUT2D eigenvalue weighted by molar-refractivity contribution is -0.272. The standard InChI is InChI=1S/C24H24F4N2O3/c1-3-12-11-23(33,24(26,27)28)22(15-10-16(25)13(4-2)21(32)20(12)15)30-18-7-5-6-17-14(18)8-9-19(31)29-17/h5-10,12,22,30,32-33H,3-4,11H2,1-2H3,(H,29,31)/t12-,22+,23-/m1/s1. The minimum atomic E-state index is -5.04. The number of aromatic hydroxyl groups is 1. The normalized spacial score (nSPS) is 22.9.